The lowest BCUT2D eigenvalue weighted by Crippen LogP contribution is -2.56. The lowest BCUT2D eigenvalue weighted by molar-refractivity contribution is -0.131. The van der Waals surface area contributed by atoms with E-state index in [1.54, 1.807) is 12.1 Å². The number of hydrogen-bond donors (Lipinski definition) is 5. The number of phenols is 1. The Morgan fingerprint density at radius 3 is 2.09 bits per heavy atom. The molecule has 0 aliphatic rings. The first-order valence-electron chi connectivity index (χ1n) is 10.3. The quantitative estimate of drug-likeness (QED) is 0.316. The minimum Gasteiger partial charge on any atom is -0.508 e. The summed E-state index contributed by atoms with van der Waals surface area (Å²) in [5.74, 6) is -0.853. The number of aromatic hydroxyl groups is 1. The summed E-state index contributed by atoms with van der Waals surface area (Å²) in [5.41, 5.74) is 13.2. The lowest BCUT2D eigenvalue weighted by Gasteiger charge is -2.23. The van der Waals surface area contributed by atoms with Crippen LogP contribution in [0.4, 0.5) is 0 Å². The third-order valence-electron chi connectivity index (χ3n) is 4.91. The first-order chi connectivity index (χ1) is 15.3. The summed E-state index contributed by atoms with van der Waals surface area (Å²) in [6, 6.07) is 13.0. The second kappa shape index (κ2) is 12.7. The largest absolute Gasteiger partial charge is 0.508 e. The van der Waals surface area contributed by atoms with Crippen LogP contribution >= 0.6 is 11.8 Å². The van der Waals surface area contributed by atoms with Gasteiger partial charge in [0.1, 0.15) is 17.8 Å². The Labute approximate surface area is 192 Å². The molecule has 0 radical (unpaired) electrons. The Hall–Kier alpha value is -3.04. The highest BCUT2D eigenvalue weighted by atomic mass is 32.2. The van der Waals surface area contributed by atoms with Gasteiger partial charge in [-0.2, -0.15) is 11.8 Å². The molecule has 0 aliphatic carbocycles. The molecule has 32 heavy (non-hydrogen) atoms. The molecule has 0 spiro atoms. The summed E-state index contributed by atoms with van der Waals surface area (Å²) in [4.78, 5) is 37.4. The van der Waals surface area contributed by atoms with Crippen molar-refractivity contribution in [2.45, 2.75) is 37.4 Å². The van der Waals surface area contributed by atoms with Crippen molar-refractivity contribution in [2.75, 3.05) is 12.0 Å². The molecule has 9 heteroatoms. The number of nitrogens with one attached hydrogen (secondary N) is 2. The van der Waals surface area contributed by atoms with E-state index >= 15 is 0 Å². The smallest absolute Gasteiger partial charge is 0.243 e. The fourth-order valence-electron chi connectivity index (χ4n) is 3.11. The van der Waals surface area contributed by atoms with Gasteiger partial charge in [0.25, 0.3) is 0 Å². The summed E-state index contributed by atoms with van der Waals surface area (Å²) >= 11 is 1.54. The molecule has 0 saturated carbocycles. The number of nitrogens with two attached hydrogens (primary N) is 2. The number of thioether (sulfide) groups is 1. The van der Waals surface area contributed by atoms with Gasteiger partial charge in [-0.25, -0.2) is 0 Å². The average molecular weight is 459 g/mol. The van der Waals surface area contributed by atoms with Gasteiger partial charge in [-0.15, -0.1) is 0 Å². The van der Waals surface area contributed by atoms with Crippen molar-refractivity contribution in [3.8, 4) is 5.75 Å². The van der Waals surface area contributed by atoms with Gasteiger partial charge in [-0.3, -0.25) is 14.4 Å². The van der Waals surface area contributed by atoms with Crippen LogP contribution in [0.25, 0.3) is 0 Å². The van der Waals surface area contributed by atoms with Crippen molar-refractivity contribution >= 4 is 29.5 Å². The van der Waals surface area contributed by atoms with Crippen LogP contribution in [0.2, 0.25) is 0 Å². The Morgan fingerprint density at radius 1 is 0.906 bits per heavy atom. The third kappa shape index (κ3) is 8.24. The van der Waals surface area contributed by atoms with Crippen LogP contribution in [0.15, 0.2) is 54.6 Å². The van der Waals surface area contributed by atoms with E-state index in [1.807, 2.05) is 36.6 Å². The molecule has 0 heterocycles. The fraction of sp³-hybridized carbons (Fsp3) is 0.348. The number of amides is 3. The first kappa shape index (κ1) is 25.2. The second-order valence-corrected chi connectivity index (χ2v) is 8.46. The van der Waals surface area contributed by atoms with E-state index in [9.17, 15) is 19.5 Å². The van der Waals surface area contributed by atoms with Crippen LogP contribution in [0.1, 0.15) is 17.5 Å². The van der Waals surface area contributed by atoms with Crippen LogP contribution in [0.5, 0.6) is 5.75 Å². The Morgan fingerprint density at radius 2 is 1.50 bits per heavy atom. The van der Waals surface area contributed by atoms with Crippen molar-refractivity contribution in [1.29, 1.82) is 0 Å². The van der Waals surface area contributed by atoms with E-state index in [0.29, 0.717) is 12.2 Å². The van der Waals surface area contributed by atoms with Crippen LogP contribution in [0.3, 0.4) is 0 Å². The molecule has 2 aromatic carbocycles. The van der Waals surface area contributed by atoms with E-state index in [0.717, 1.165) is 11.1 Å². The molecule has 0 aromatic heterocycles. The van der Waals surface area contributed by atoms with Gasteiger partial charge in [-0.05, 0) is 48.1 Å². The zero-order valence-corrected chi connectivity index (χ0v) is 18.8. The van der Waals surface area contributed by atoms with Gasteiger partial charge in [0.2, 0.25) is 17.7 Å². The van der Waals surface area contributed by atoms with Crippen molar-refractivity contribution in [1.82, 2.24) is 10.6 Å². The van der Waals surface area contributed by atoms with E-state index in [4.69, 9.17) is 11.5 Å². The van der Waals surface area contributed by atoms with Crippen molar-refractivity contribution in [3.05, 3.63) is 65.7 Å². The molecule has 7 N–H and O–H groups in total. The fourth-order valence-corrected chi connectivity index (χ4v) is 3.58. The molecule has 0 fully saturated rings. The SMILES string of the molecule is CSCC[C@@H](NC(=O)[C@@H](N)Cc1ccc(O)cc1)C(=O)N[C@@H](Cc1ccccc1)C(N)=O. The first-order valence-corrected chi connectivity index (χ1v) is 11.7. The van der Waals surface area contributed by atoms with Gasteiger partial charge >= 0.3 is 0 Å². The predicted molar refractivity (Wildman–Crippen MR) is 126 cm³/mol. The highest BCUT2D eigenvalue weighted by Gasteiger charge is 2.27. The Kier molecular flexibility index (Phi) is 10.0. The summed E-state index contributed by atoms with van der Waals surface area (Å²) in [5, 5.41) is 14.7. The molecule has 0 bridgehead atoms. The Bertz CT molecular complexity index is 893. The van der Waals surface area contributed by atoms with E-state index in [2.05, 4.69) is 10.6 Å². The van der Waals surface area contributed by atoms with Gasteiger partial charge in [0, 0.05) is 6.42 Å². The van der Waals surface area contributed by atoms with Crippen LogP contribution in [-0.4, -0.2) is 53.0 Å². The minimum atomic E-state index is -0.899. The third-order valence-corrected chi connectivity index (χ3v) is 5.56. The molecular weight excluding hydrogens is 428 g/mol. The summed E-state index contributed by atoms with van der Waals surface area (Å²) in [7, 11) is 0. The molecule has 0 unspecified atom stereocenters. The topological polar surface area (TPSA) is 148 Å². The Balaban J connectivity index is 2.02. The van der Waals surface area contributed by atoms with Crippen molar-refractivity contribution in [3.63, 3.8) is 0 Å². The standard InChI is InChI=1S/C23H30N4O4S/c1-32-12-11-19(26-22(30)18(24)13-16-7-9-17(28)10-8-16)23(31)27-20(21(25)29)14-15-5-3-2-4-6-15/h2-10,18-20,28H,11-14,24H2,1H3,(H2,25,29)(H,26,30)(H,27,31)/t18-,19+,20-/m0/s1. The molecule has 172 valence electrons. The summed E-state index contributed by atoms with van der Waals surface area (Å²) in [6.07, 6.45) is 2.78. The number of carbonyl (C=O) groups excluding carboxylic acids is 3. The van der Waals surface area contributed by atoms with Gasteiger partial charge in [0.05, 0.1) is 6.04 Å². The number of hydrogen-bond acceptors (Lipinski definition) is 6. The van der Waals surface area contributed by atoms with E-state index in [-0.39, 0.29) is 18.6 Å². The van der Waals surface area contributed by atoms with Gasteiger partial charge < -0.3 is 27.2 Å². The zero-order chi connectivity index (χ0) is 23.5. The van der Waals surface area contributed by atoms with Crippen LogP contribution in [0, 0.1) is 0 Å². The maximum absolute atomic E-state index is 12.9. The monoisotopic (exact) mass is 458 g/mol. The number of benzene rings is 2. The maximum atomic E-state index is 12.9. The maximum Gasteiger partial charge on any atom is 0.243 e. The molecule has 0 aliphatic heterocycles. The summed E-state index contributed by atoms with van der Waals surface area (Å²) < 4.78 is 0. The number of rotatable bonds is 12. The molecular formula is C23H30N4O4S. The number of carbonyl (C=O) groups is 3. The molecule has 2 aromatic rings. The highest BCUT2D eigenvalue weighted by molar-refractivity contribution is 7.98. The molecule has 3 atom stereocenters. The lowest BCUT2D eigenvalue weighted by atomic mass is 10.0. The number of phenolic OH excluding ortho intramolecular Hbond substituents is 1. The molecule has 2 rings (SSSR count). The predicted octanol–water partition coefficient (Wildman–Crippen LogP) is 0.713. The van der Waals surface area contributed by atoms with E-state index < -0.39 is 35.8 Å². The van der Waals surface area contributed by atoms with Crippen molar-refractivity contribution in [2.24, 2.45) is 11.5 Å². The van der Waals surface area contributed by atoms with Crippen LogP contribution < -0.4 is 22.1 Å². The van der Waals surface area contributed by atoms with Crippen molar-refractivity contribution < 1.29 is 19.5 Å². The van der Waals surface area contributed by atoms with E-state index in [1.165, 1.54) is 23.9 Å². The molecule has 0 saturated heterocycles. The normalized spacial score (nSPS) is 13.6. The minimum absolute atomic E-state index is 0.125. The average Bonchev–Trinajstić information content (AvgIpc) is 2.78. The number of primary amides is 1. The molecule has 3 amide bonds. The van der Waals surface area contributed by atoms with Gasteiger partial charge in [-0.1, -0.05) is 42.5 Å². The second-order valence-electron chi connectivity index (χ2n) is 7.47. The highest BCUT2D eigenvalue weighted by Crippen LogP contribution is 2.11. The van der Waals surface area contributed by atoms with Gasteiger partial charge in [0.15, 0.2) is 0 Å². The summed E-state index contributed by atoms with van der Waals surface area (Å²) in [6.45, 7) is 0. The molecule has 8 nitrogen and oxygen atoms in total. The van der Waals surface area contributed by atoms with Crippen LogP contribution in [-0.2, 0) is 27.2 Å². The zero-order valence-electron chi connectivity index (χ0n) is 18.0.